The number of hydrogen-bond acceptors (Lipinski definition) is 4. The maximum Gasteiger partial charge on any atom is 0.435 e. The number of carbonyl (C=O) groups excluding carboxylic acids is 1. The molecule has 3 rings (SSSR count). The van der Waals surface area contributed by atoms with Gasteiger partial charge in [0.25, 0.3) is 0 Å². The summed E-state index contributed by atoms with van der Waals surface area (Å²) in [5.41, 5.74) is 1.16. The minimum atomic E-state index is -4.47. The summed E-state index contributed by atoms with van der Waals surface area (Å²) in [5.74, 6) is -0.455. The maximum atomic E-state index is 13.2. The first-order chi connectivity index (χ1) is 11.4. The number of fused-ring (bicyclic) bond motifs is 1. The predicted octanol–water partition coefficient (Wildman–Crippen LogP) is 2.38. The normalized spacial score (nSPS) is 14.3. The van der Waals surface area contributed by atoms with E-state index in [1.165, 1.54) is 11.8 Å². The standard InChI is InChI=1S/C16H16F3N3O2/c1-24-15(23)11-4-2-10(3-5-11)9-22-13-6-7-20-8-12(13)14(21-22)16(17,18)19/h2-5,20H,6-9H2,1H3. The van der Waals surface area contributed by atoms with Gasteiger partial charge in [-0.25, -0.2) is 4.79 Å². The molecule has 0 unspecified atom stereocenters. The third-order valence-corrected chi connectivity index (χ3v) is 3.98. The van der Waals surface area contributed by atoms with Gasteiger partial charge in [-0.3, -0.25) is 4.68 Å². The van der Waals surface area contributed by atoms with Crippen molar-refractivity contribution in [2.45, 2.75) is 25.7 Å². The Bertz CT molecular complexity index is 751. The highest BCUT2D eigenvalue weighted by Crippen LogP contribution is 2.33. The van der Waals surface area contributed by atoms with Crippen molar-refractivity contribution in [2.24, 2.45) is 0 Å². The van der Waals surface area contributed by atoms with E-state index in [1.54, 1.807) is 24.3 Å². The summed E-state index contributed by atoms with van der Waals surface area (Å²) >= 11 is 0. The lowest BCUT2D eigenvalue weighted by Gasteiger charge is -2.16. The van der Waals surface area contributed by atoms with E-state index in [4.69, 9.17) is 0 Å². The van der Waals surface area contributed by atoms with E-state index in [2.05, 4.69) is 15.2 Å². The van der Waals surface area contributed by atoms with Crippen LogP contribution in [-0.2, 0) is 30.4 Å². The fourth-order valence-electron chi connectivity index (χ4n) is 2.82. The van der Waals surface area contributed by atoms with Crippen molar-refractivity contribution in [1.82, 2.24) is 15.1 Å². The SMILES string of the molecule is COC(=O)c1ccc(Cn2nc(C(F)(F)F)c3c2CCNC3)cc1. The number of methoxy groups -OCH3 is 1. The molecule has 0 saturated carbocycles. The van der Waals surface area contributed by atoms with Gasteiger partial charge in [0.05, 0.1) is 19.2 Å². The number of nitrogens with zero attached hydrogens (tertiary/aromatic N) is 2. The second-order valence-corrected chi connectivity index (χ2v) is 5.54. The highest BCUT2D eigenvalue weighted by Gasteiger charge is 2.39. The highest BCUT2D eigenvalue weighted by molar-refractivity contribution is 5.89. The van der Waals surface area contributed by atoms with Crippen molar-refractivity contribution >= 4 is 5.97 Å². The number of aromatic nitrogens is 2. The zero-order chi connectivity index (χ0) is 17.3. The van der Waals surface area contributed by atoms with E-state index in [1.807, 2.05) is 0 Å². The molecule has 0 saturated heterocycles. The quantitative estimate of drug-likeness (QED) is 0.873. The number of ether oxygens (including phenoxy) is 1. The third-order valence-electron chi connectivity index (χ3n) is 3.98. The first-order valence-electron chi connectivity index (χ1n) is 7.44. The number of benzene rings is 1. The molecular weight excluding hydrogens is 323 g/mol. The van der Waals surface area contributed by atoms with E-state index in [-0.39, 0.29) is 18.7 Å². The second kappa shape index (κ2) is 6.27. The Balaban J connectivity index is 1.90. The molecule has 8 heteroatoms. The summed E-state index contributed by atoms with van der Waals surface area (Å²) in [4.78, 5) is 11.4. The molecule has 1 aliphatic rings. The van der Waals surface area contributed by atoms with Crippen LogP contribution >= 0.6 is 0 Å². The van der Waals surface area contributed by atoms with Crippen LogP contribution in [-0.4, -0.2) is 29.4 Å². The predicted molar refractivity (Wildman–Crippen MR) is 79.5 cm³/mol. The Hall–Kier alpha value is -2.35. The monoisotopic (exact) mass is 339 g/mol. The molecular formula is C16H16F3N3O2. The van der Waals surface area contributed by atoms with Crippen LogP contribution < -0.4 is 5.32 Å². The highest BCUT2D eigenvalue weighted by atomic mass is 19.4. The minimum Gasteiger partial charge on any atom is -0.465 e. The number of hydrogen-bond donors (Lipinski definition) is 1. The number of esters is 1. The molecule has 1 N–H and O–H groups in total. The summed E-state index contributed by atoms with van der Waals surface area (Å²) in [7, 11) is 1.29. The first-order valence-corrected chi connectivity index (χ1v) is 7.44. The molecule has 0 radical (unpaired) electrons. The second-order valence-electron chi connectivity index (χ2n) is 5.54. The molecule has 0 aliphatic carbocycles. The molecule has 1 aliphatic heterocycles. The van der Waals surface area contributed by atoms with Crippen LogP contribution in [0.5, 0.6) is 0 Å². The topological polar surface area (TPSA) is 56.2 Å². The molecule has 0 bridgehead atoms. The zero-order valence-corrected chi connectivity index (χ0v) is 13.0. The molecule has 0 amide bonds. The van der Waals surface area contributed by atoms with E-state index in [0.29, 0.717) is 24.2 Å². The van der Waals surface area contributed by atoms with E-state index in [0.717, 1.165) is 5.56 Å². The third kappa shape index (κ3) is 3.14. The van der Waals surface area contributed by atoms with E-state index in [9.17, 15) is 18.0 Å². The summed E-state index contributed by atoms with van der Waals surface area (Å²) in [6.07, 6.45) is -3.97. The molecule has 1 aromatic carbocycles. The van der Waals surface area contributed by atoms with E-state index >= 15 is 0 Å². The average molecular weight is 339 g/mol. The van der Waals surface area contributed by atoms with Crippen LogP contribution in [0.1, 0.15) is 32.9 Å². The Labute approximate surface area is 136 Å². The lowest BCUT2D eigenvalue weighted by Crippen LogP contribution is -2.26. The van der Waals surface area contributed by atoms with E-state index < -0.39 is 17.8 Å². The van der Waals surface area contributed by atoms with Gasteiger partial charge in [-0.2, -0.15) is 18.3 Å². The Kier molecular flexibility index (Phi) is 4.31. The van der Waals surface area contributed by atoms with Gasteiger partial charge in [0.2, 0.25) is 0 Å². The van der Waals surface area contributed by atoms with Crippen LogP contribution in [0.4, 0.5) is 13.2 Å². The van der Waals surface area contributed by atoms with Crippen molar-refractivity contribution in [3.63, 3.8) is 0 Å². The van der Waals surface area contributed by atoms with Crippen molar-refractivity contribution in [3.8, 4) is 0 Å². The fourth-order valence-corrected chi connectivity index (χ4v) is 2.82. The summed E-state index contributed by atoms with van der Waals surface area (Å²) in [5, 5.41) is 6.74. The number of halogens is 3. The molecule has 128 valence electrons. The van der Waals surface area contributed by atoms with Crippen LogP contribution in [0.2, 0.25) is 0 Å². The number of rotatable bonds is 3. The molecule has 24 heavy (non-hydrogen) atoms. The summed E-state index contributed by atoms with van der Waals surface area (Å²) in [6, 6.07) is 6.55. The van der Waals surface area contributed by atoms with Crippen LogP contribution in [0.15, 0.2) is 24.3 Å². The molecule has 2 heterocycles. The summed E-state index contributed by atoms with van der Waals surface area (Å²) in [6.45, 7) is 1.02. The minimum absolute atomic E-state index is 0.172. The fraction of sp³-hybridized carbons (Fsp3) is 0.375. The van der Waals surface area contributed by atoms with Gasteiger partial charge in [0.1, 0.15) is 0 Å². The molecule has 0 fully saturated rings. The summed E-state index contributed by atoms with van der Waals surface area (Å²) < 4.78 is 45.5. The van der Waals surface area contributed by atoms with Crippen LogP contribution in [0, 0.1) is 0 Å². The van der Waals surface area contributed by atoms with Crippen LogP contribution in [0.25, 0.3) is 0 Å². The Morgan fingerprint density at radius 3 is 2.67 bits per heavy atom. The van der Waals surface area contributed by atoms with Crippen molar-refractivity contribution in [2.75, 3.05) is 13.7 Å². The Morgan fingerprint density at radius 2 is 2.04 bits per heavy atom. The molecule has 0 atom stereocenters. The number of carbonyl (C=O) groups is 1. The molecule has 2 aromatic rings. The lowest BCUT2D eigenvalue weighted by atomic mass is 10.1. The van der Waals surface area contributed by atoms with Gasteiger partial charge in [0.15, 0.2) is 5.69 Å². The van der Waals surface area contributed by atoms with Crippen molar-refractivity contribution in [1.29, 1.82) is 0 Å². The maximum absolute atomic E-state index is 13.2. The zero-order valence-electron chi connectivity index (χ0n) is 13.0. The van der Waals surface area contributed by atoms with Gasteiger partial charge >= 0.3 is 12.1 Å². The van der Waals surface area contributed by atoms with Gasteiger partial charge < -0.3 is 10.1 Å². The van der Waals surface area contributed by atoms with Crippen LogP contribution in [0.3, 0.4) is 0 Å². The molecule has 5 nitrogen and oxygen atoms in total. The lowest BCUT2D eigenvalue weighted by molar-refractivity contribution is -0.142. The smallest absolute Gasteiger partial charge is 0.435 e. The first kappa shape index (κ1) is 16.5. The largest absolute Gasteiger partial charge is 0.465 e. The van der Waals surface area contributed by atoms with Crippen molar-refractivity contribution < 1.29 is 22.7 Å². The van der Waals surface area contributed by atoms with Gasteiger partial charge in [-0.1, -0.05) is 12.1 Å². The average Bonchev–Trinajstić information content (AvgIpc) is 2.94. The van der Waals surface area contributed by atoms with Crippen molar-refractivity contribution in [3.05, 3.63) is 52.3 Å². The Morgan fingerprint density at radius 1 is 1.33 bits per heavy atom. The number of alkyl halides is 3. The van der Waals surface area contributed by atoms with Gasteiger partial charge in [-0.05, 0) is 17.7 Å². The van der Waals surface area contributed by atoms with Gasteiger partial charge in [-0.15, -0.1) is 0 Å². The number of nitrogens with one attached hydrogen (secondary N) is 1. The van der Waals surface area contributed by atoms with Gasteiger partial charge in [0, 0.05) is 30.8 Å². The molecule has 0 spiro atoms. The molecule has 1 aromatic heterocycles.